The molecule has 4 rings (SSSR count). The van der Waals surface area contributed by atoms with Gasteiger partial charge in [-0.25, -0.2) is 0 Å². The van der Waals surface area contributed by atoms with Gasteiger partial charge < -0.3 is 9.52 Å². The molecule has 1 amide bonds. The smallest absolute Gasteiger partial charge is 0.300 e. The van der Waals surface area contributed by atoms with Gasteiger partial charge in [0.1, 0.15) is 17.6 Å². The van der Waals surface area contributed by atoms with Gasteiger partial charge in [0.25, 0.3) is 17.4 Å². The molecular formula is C23H18N2O6. The lowest BCUT2D eigenvalue weighted by Crippen LogP contribution is -2.30. The van der Waals surface area contributed by atoms with E-state index >= 15 is 0 Å². The van der Waals surface area contributed by atoms with E-state index < -0.39 is 28.4 Å². The molecule has 1 N–H and O–H groups in total. The Labute approximate surface area is 177 Å². The summed E-state index contributed by atoms with van der Waals surface area (Å²) in [5, 5.41) is 21.9. The number of nitro groups is 1. The third-order valence-corrected chi connectivity index (χ3v) is 5.23. The van der Waals surface area contributed by atoms with E-state index in [1.807, 2.05) is 26.0 Å². The van der Waals surface area contributed by atoms with Gasteiger partial charge in [0.2, 0.25) is 0 Å². The highest BCUT2D eigenvalue weighted by atomic mass is 16.6. The Morgan fingerprint density at radius 3 is 2.42 bits per heavy atom. The van der Waals surface area contributed by atoms with Crippen molar-refractivity contribution in [3.8, 4) is 0 Å². The van der Waals surface area contributed by atoms with Crippen LogP contribution in [0.4, 0.5) is 11.4 Å². The number of nitrogens with zero attached hydrogens (tertiary/aromatic N) is 2. The average molecular weight is 418 g/mol. The predicted molar refractivity (Wildman–Crippen MR) is 113 cm³/mol. The molecule has 8 heteroatoms. The van der Waals surface area contributed by atoms with Crippen molar-refractivity contribution in [1.29, 1.82) is 0 Å². The van der Waals surface area contributed by atoms with Crippen LogP contribution in [0.2, 0.25) is 0 Å². The Hall–Kier alpha value is -4.20. The van der Waals surface area contributed by atoms with Crippen LogP contribution in [0.15, 0.2) is 70.9 Å². The Bertz CT molecular complexity index is 1230. The van der Waals surface area contributed by atoms with Crippen molar-refractivity contribution in [3.05, 3.63) is 99.0 Å². The first kappa shape index (κ1) is 20.1. The van der Waals surface area contributed by atoms with Crippen molar-refractivity contribution < 1.29 is 24.0 Å². The number of hydrogen-bond acceptors (Lipinski definition) is 6. The minimum atomic E-state index is -0.981. The molecule has 1 aliphatic rings. The molecule has 1 aliphatic heterocycles. The van der Waals surface area contributed by atoms with Crippen LogP contribution in [-0.2, 0) is 9.59 Å². The number of aryl methyl sites for hydroxylation is 2. The van der Waals surface area contributed by atoms with E-state index in [1.54, 1.807) is 18.2 Å². The highest BCUT2D eigenvalue weighted by Gasteiger charge is 2.48. The summed E-state index contributed by atoms with van der Waals surface area (Å²) in [6.07, 6.45) is 1.42. The lowest BCUT2D eigenvalue weighted by Gasteiger charge is -2.25. The zero-order valence-electron chi connectivity index (χ0n) is 16.7. The van der Waals surface area contributed by atoms with Crippen molar-refractivity contribution in [1.82, 2.24) is 0 Å². The summed E-state index contributed by atoms with van der Waals surface area (Å²) in [5.41, 5.74) is 2.09. The van der Waals surface area contributed by atoms with E-state index in [2.05, 4.69) is 0 Å². The number of carbonyl (C=O) groups excluding carboxylic acids is 2. The molecule has 0 bridgehead atoms. The number of aliphatic hydroxyl groups is 1. The van der Waals surface area contributed by atoms with Crippen LogP contribution < -0.4 is 4.90 Å². The number of aliphatic hydroxyl groups excluding tert-OH is 1. The highest BCUT2D eigenvalue weighted by Crippen LogP contribution is 2.43. The maximum absolute atomic E-state index is 13.1. The first-order chi connectivity index (χ1) is 14.8. The van der Waals surface area contributed by atoms with E-state index in [1.165, 1.54) is 35.4 Å². The summed E-state index contributed by atoms with van der Waals surface area (Å²) in [4.78, 5) is 37.8. The molecule has 1 atom stereocenters. The number of ketones is 1. The number of hydrogen-bond donors (Lipinski definition) is 1. The standard InChI is InChI=1S/C23H18N2O6/c1-13-5-6-14(2)17(12-13)24-20(18-4-3-11-31-18)19(22(27)23(24)28)21(26)15-7-9-16(10-8-15)25(29)30/h3-12,20,26H,1-2H3/b21-19-. The summed E-state index contributed by atoms with van der Waals surface area (Å²) in [7, 11) is 0. The minimum Gasteiger partial charge on any atom is -0.507 e. The van der Waals surface area contributed by atoms with Crippen LogP contribution >= 0.6 is 0 Å². The van der Waals surface area contributed by atoms with Gasteiger partial charge in [-0.3, -0.25) is 24.6 Å². The molecule has 1 aromatic heterocycles. The Balaban J connectivity index is 1.92. The number of furan rings is 1. The van der Waals surface area contributed by atoms with Gasteiger partial charge in [0.05, 0.1) is 16.8 Å². The van der Waals surface area contributed by atoms with Gasteiger partial charge in [0.15, 0.2) is 0 Å². The molecule has 0 spiro atoms. The number of nitro benzene ring substituents is 1. The molecule has 2 aromatic carbocycles. The Kier molecular flexibility index (Phi) is 4.90. The van der Waals surface area contributed by atoms with Gasteiger partial charge in [-0.1, -0.05) is 12.1 Å². The summed E-state index contributed by atoms with van der Waals surface area (Å²) in [6, 6.07) is 12.9. The number of benzene rings is 2. The fourth-order valence-corrected chi connectivity index (χ4v) is 3.67. The van der Waals surface area contributed by atoms with Crippen molar-refractivity contribution in [2.75, 3.05) is 4.90 Å². The zero-order valence-corrected chi connectivity index (χ0v) is 16.7. The topological polar surface area (TPSA) is 114 Å². The fraction of sp³-hybridized carbons (Fsp3) is 0.130. The first-order valence-electron chi connectivity index (χ1n) is 9.46. The van der Waals surface area contributed by atoms with Crippen molar-refractivity contribution in [2.45, 2.75) is 19.9 Å². The molecule has 8 nitrogen and oxygen atoms in total. The molecular weight excluding hydrogens is 400 g/mol. The molecule has 0 radical (unpaired) electrons. The second-order valence-corrected chi connectivity index (χ2v) is 7.28. The molecule has 0 aliphatic carbocycles. The third-order valence-electron chi connectivity index (χ3n) is 5.23. The van der Waals surface area contributed by atoms with Crippen LogP contribution in [0.5, 0.6) is 0 Å². The molecule has 1 unspecified atom stereocenters. The fourth-order valence-electron chi connectivity index (χ4n) is 3.67. The number of Topliss-reactive ketones (excluding diaryl/α,β-unsaturated/α-hetero) is 1. The Morgan fingerprint density at radius 1 is 1.10 bits per heavy atom. The molecule has 1 saturated heterocycles. The minimum absolute atomic E-state index is 0.144. The van der Waals surface area contributed by atoms with E-state index in [9.17, 15) is 24.8 Å². The second kappa shape index (κ2) is 7.56. The number of rotatable bonds is 4. The quantitative estimate of drug-likeness (QED) is 0.220. The largest absolute Gasteiger partial charge is 0.507 e. The van der Waals surface area contributed by atoms with Crippen LogP contribution in [0.3, 0.4) is 0 Å². The number of amides is 1. The SMILES string of the molecule is Cc1ccc(C)c(N2C(=O)C(=O)/C(=C(\O)c3ccc([N+](=O)[O-])cc3)C2c2ccco2)c1. The van der Waals surface area contributed by atoms with E-state index in [-0.39, 0.29) is 16.8 Å². The normalized spacial score (nSPS) is 17.9. The number of non-ortho nitro benzene ring substituents is 1. The maximum atomic E-state index is 13.1. The molecule has 3 aromatic rings. The number of anilines is 1. The van der Waals surface area contributed by atoms with Gasteiger partial charge in [0, 0.05) is 23.4 Å². The maximum Gasteiger partial charge on any atom is 0.300 e. The van der Waals surface area contributed by atoms with Crippen molar-refractivity contribution in [2.24, 2.45) is 0 Å². The second-order valence-electron chi connectivity index (χ2n) is 7.28. The zero-order chi connectivity index (χ0) is 22.3. The van der Waals surface area contributed by atoms with Gasteiger partial charge in [-0.05, 0) is 55.3 Å². The molecule has 156 valence electrons. The molecule has 31 heavy (non-hydrogen) atoms. The predicted octanol–water partition coefficient (Wildman–Crippen LogP) is 4.43. The molecule has 1 fully saturated rings. The average Bonchev–Trinajstić information content (AvgIpc) is 3.37. The third kappa shape index (κ3) is 3.38. The lowest BCUT2D eigenvalue weighted by atomic mass is 9.98. The first-order valence-corrected chi connectivity index (χ1v) is 9.46. The summed E-state index contributed by atoms with van der Waals surface area (Å²) in [6.45, 7) is 3.70. The Morgan fingerprint density at radius 2 is 1.81 bits per heavy atom. The van der Waals surface area contributed by atoms with E-state index in [4.69, 9.17) is 4.42 Å². The van der Waals surface area contributed by atoms with E-state index in [0.717, 1.165) is 11.1 Å². The summed E-state index contributed by atoms with van der Waals surface area (Å²) >= 11 is 0. The summed E-state index contributed by atoms with van der Waals surface area (Å²) < 4.78 is 5.52. The van der Waals surface area contributed by atoms with Crippen LogP contribution in [-0.4, -0.2) is 21.7 Å². The van der Waals surface area contributed by atoms with Gasteiger partial charge >= 0.3 is 0 Å². The highest BCUT2D eigenvalue weighted by molar-refractivity contribution is 6.51. The van der Waals surface area contributed by atoms with Crippen molar-refractivity contribution >= 4 is 28.8 Å². The molecule has 0 saturated carbocycles. The monoisotopic (exact) mass is 418 g/mol. The van der Waals surface area contributed by atoms with Crippen molar-refractivity contribution in [3.63, 3.8) is 0 Å². The van der Waals surface area contributed by atoms with E-state index in [0.29, 0.717) is 11.4 Å². The summed E-state index contributed by atoms with van der Waals surface area (Å²) in [5.74, 6) is -1.78. The number of carbonyl (C=O) groups is 2. The van der Waals surface area contributed by atoms with Crippen LogP contribution in [0.1, 0.15) is 28.5 Å². The molecule has 2 heterocycles. The van der Waals surface area contributed by atoms with Gasteiger partial charge in [-0.2, -0.15) is 0 Å². The van der Waals surface area contributed by atoms with Crippen LogP contribution in [0.25, 0.3) is 5.76 Å². The lowest BCUT2D eigenvalue weighted by molar-refractivity contribution is -0.384. The van der Waals surface area contributed by atoms with Gasteiger partial charge in [-0.15, -0.1) is 0 Å². The van der Waals surface area contributed by atoms with Crippen LogP contribution in [0, 0.1) is 24.0 Å².